The molecule has 56 valence electrons. The minimum absolute atomic E-state index is 0.214. The molecule has 1 rings (SSSR count). The fourth-order valence-corrected chi connectivity index (χ4v) is 1.72. The molecule has 0 aromatic rings. The predicted octanol–water partition coefficient (Wildman–Crippen LogP) is 2.35. The Morgan fingerprint density at radius 2 is 2.20 bits per heavy atom. The van der Waals surface area contributed by atoms with Crippen molar-refractivity contribution in [1.82, 2.24) is 0 Å². The van der Waals surface area contributed by atoms with Crippen molar-refractivity contribution in [3.05, 3.63) is 12.2 Å². The minimum atomic E-state index is 0.214. The highest BCUT2D eigenvalue weighted by Crippen LogP contribution is 2.22. The molecule has 0 saturated carbocycles. The van der Waals surface area contributed by atoms with Crippen molar-refractivity contribution in [2.45, 2.75) is 23.7 Å². The minimum Gasteiger partial charge on any atom is -0.299 e. The maximum Gasteiger partial charge on any atom is 0.136 e. The summed E-state index contributed by atoms with van der Waals surface area (Å²) in [5.74, 6) is 0.519. The number of halogens is 1. The summed E-state index contributed by atoms with van der Waals surface area (Å²) < 4.78 is 0.646. The summed E-state index contributed by atoms with van der Waals surface area (Å²) in [7, 11) is 0. The Morgan fingerprint density at radius 1 is 1.50 bits per heavy atom. The standard InChI is InChI=1S/C8H11IO/c1-6(10)7-2-4-8(9)5-3-7/h2,4,7-8H,3,5H2,1H3. The Morgan fingerprint density at radius 3 is 2.60 bits per heavy atom. The van der Waals surface area contributed by atoms with E-state index < -0.39 is 0 Å². The van der Waals surface area contributed by atoms with E-state index in [4.69, 9.17) is 0 Å². The molecule has 2 unspecified atom stereocenters. The number of hydrogen-bond donors (Lipinski definition) is 0. The number of rotatable bonds is 1. The van der Waals surface area contributed by atoms with Crippen LogP contribution in [0.3, 0.4) is 0 Å². The van der Waals surface area contributed by atoms with Crippen molar-refractivity contribution < 1.29 is 4.79 Å². The highest BCUT2D eigenvalue weighted by molar-refractivity contribution is 14.1. The Labute approximate surface area is 75.0 Å². The first-order valence-electron chi connectivity index (χ1n) is 3.53. The van der Waals surface area contributed by atoms with Crippen LogP contribution < -0.4 is 0 Å². The van der Waals surface area contributed by atoms with Crippen molar-refractivity contribution >= 4 is 28.4 Å². The molecule has 0 aromatic carbocycles. The SMILES string of the molecule is CC(=O)C1C=CC(I)CC1. The lowest BCUT2D eigenvalue weighted by Gasteiger charge is -2.16. The van der Waals surface area contributed by atoms with Crippen LogP contribution in [-0.4, -0.2) is 9.71 Å². The third kappa shape index (κ3) is 2.08. The second kappa shape index (κ2) is 3.51. The first-order valence-corrected chi connectivity index (χ1v) is 4.77. The molecule has 1 nitrogen and oxygen atoms in total. The molecule has 2 heteroatoms. The summed E-state index contributed by atoms with van der Waals surface area (Å²) in [5, 5.41) is 0. The molecule has 0 N–H and O–H groups in total. The zero-order valence-electron chi connectivity index (χ0n) is 6.01. The topological polar surface area (TPSA) is 17.1 Å². The van der Waals surface area contributed by atoms with Gasteiger partial charge in [-0.1, -0.05) is 34.7 Å². The second-order valence-electron chi connectivity index (χ2n) is 2.70. The van der Waals surface area contributed by atoms with E-state index in [0.29, 0.717) is 9.71 Å². The molecule has 1 aliphatic rings. The third-order valence-electron chi connectivity index (χ3n) is 1.83. The van der Waals surface area contributed by atoms with Crippen LogP contribution in [0.2, 0.25) is 0 Å². The van der Waals surface area contributed by atoms with Crippen LogP contribution in [0.25, 0.3) is 0 Å². The third-order valence-corrected chi connectivity index (χ3v) is 2.87. The van der Waals surface area contributed by atoms with E-state index in [1.807, 2.05) is 6.08 Å². The lowest BCUT2D eigenvalue weighted by atomic mass is 9.93. The van der Waals surface area contributed by atoms with Crippen molar-refractivity contribution in [1.29, 1.82) is 0 Å². The van der Waals surface area contributed by atoms with Gasteiger partial charge in [0.1, 0.15) is 5.78 Å². The van der Waals surface area contributed by atoms with E-state index >= 15 is 0 Å². The van der Waals surface area contributed by atoms with Gasteiger partial charge in [0, 0.05) is 9.84 Å². The fourth-order valence-electron chi connectivity index (χ4n) is 1.12. The summed E-state index contributed by atoms with van der Waals surface area (Å²) in [4.78, 5) is 10.9. The molecule has 2 atom stereocenters. The molecule has 0 radical (unpaired) electrons. The van der Waals surface area contributed by atoms with Gasteiger partial charge in [0.2, 0.25) is 0 Å². The zero-order valence-corrected chi connectivity index (χ0v) is 8.17. The highest BCUT2D eigenvalue weighted by atomic mass is 127. The van der Waals surface area contributed by atoms with Crippen molar-refractivity contribution in [3.8, 4) is 0 Å². The van der Waals surface area contributed by atoms with Crippen molar-refractivity contribution in [2.75, 3.05) is 0 Å². The molecule has 0 heterocycles. The van der Waals surface area contributed by atoms with E-state index in [9.17, 15) is 4.79 Å². The molecule has 0 spiro atoms. The lowest BCUT2D eigenvalue weighted by Crippen LogP contribution is -2.14. The number of ketones is 1. The normalized spacial score (nSPS) is 32.2. The Balaban J connectivity index is 2.53. The monoisotopic (exact) mass is 250 g/mol. The van der Waals surface area contributed by atoms with Crippen LogP contribution in [0.15, 0.2) is 12.2 Å². The average Bonchev–Trinajstić information content (AvgIpc) is 1.88. The van der Waals surface area contributed by atoms with E-state index in [1.54, 1.807) is 6.92 Å². The summed E-state index contributed by atoms with van der Waals surface area (Å²) in [6.07, 6.45) is 6.37. The molecule has 0 fully saturated rings. The Hall–Kier alpha value is 0.140. The van der Waals surface area contributed by atoms with E-state index in [2.05, 4.69) is 28.7 Å². The van der Waals surface area contributed by atoms with Gasteiger partial charge in [0.15, 0.2) is 0 Å². The molecular weight excluding hydrogens is 239 g/mol. The summed E-state index contributed by atoms with van der Waals surface area (Å²) in [5.41, 5.74) is 0. The average molecular weight is 250 g/mol. The molecular formula is C8H11IO. The van der Waals surface area contributed by atoms with Crippen LogP contribution in [0, 0.1) is 5.92 Å². The summed E-state index contributed by atoms with van der Waals surface area (Å²) >= 11 is 2.39. The zero-order chi connectivity index (χ0) is 7.56. The molecule has 0 bridgehead atoms. The number of carbonyl (C=O) groups excluding carboxylic acids is 1. The van der Waals surface area contributed by atoms with Gasteiger partial charge in [-0.15, -0.1) is 0 Å². The quantitative estimate of drug-likeness (QED) is 0.396. The van der Waals surface area contributed by atoms with Gasteiger partial charge < -0.3 is 0 Å². The molecule has 0 aromatic heterocycles. The maximum absolute atomic E-state index is 10.9. The van der Waals surface area contributed by atoms with Gasteiger partial charge >= 0.3 is 0 Å². The summed E-state index contributed by atoms with van der Waals surface area (Å²) in [6.45, 7) is 1.67. The van der Waals surface area contributed by atoms with Gasteiger partial charge in [-0.2, -0.15) is 0 Å². The predicted molar refractivity (Wildman–Crippen MR) is 50.4 cm³/mol. The Bertz CT molecular complexity index is 163. The van der Waals surface area contributed by atoms with Crippen LogP contribution >= 0.6 is 22.6 Å². The van der Waals surface area contributed by atoms with Gasteiger partial charge in [-0.05, 0) is 19.8 Å². The van der Waals surface area contributed by atoms with Gasteiger partial charge in [-0.25, -0.2) is 0 Å². The number of carbonyl (C=O) groups is 1. The van der Waals surface area contributed by atoms with Crippen molar-refractivity contribution in [3.63, 3.8) is 0 Å². The fraction of sp³-hybridized carbons (Fsp3) is 0.625. The molecule has 0 saturated heterocycles. The van der Waals surface area contributed by atoms with Crippen molar-refractivity contribution in [2.24, 2.45) is 5.92 Å². The van der Waals surface area contributed by atoms with Crippen LogP contribution in [-0.2, 0) is 4.79 Å². The first kappa shape index (κ1) is 8.24. The number of hydrogen-bond acceptors (Lipinski definition) is 1. The largest absolute Gasteiger partial charge is 0.299 e. The molecule has 0 amide bonds. The summed E-state index contributed by atoms with van der Waals surface area (Å²) in [6, 6.07) is 0. The molecule has 0 aliphatic heterocycles. The second-order valence-corrected chi connectivity index (χ2v) is 4.30. The number of allylic oxidation sites excluding steroid dienone is 2. The highest BCUT2D eigenvalue weighted by Gasteiger charge is 2.16. The van der Waals surface area contributed by atoms with Crippen LogP contribution in [0.5, 0.6) is 0 Å². The molecule has 1 aliphatic carbocycles. The van der Waals surface area contributed by atoms with Gasteiger partial charge in [-0.3, -0.25) is 4.79 Å². The van der Waals surface area contributed by atoms with Gasteiger partial charge in [0.05, 0.1) is 0 Å². The number of alkyl halides is 1. The Kier molecular flexibility index (Phi) is 2.89. The smallest absolute Gasteiger partial charge is 0.136 e. The lowest BCUT2D eigenvalue weighted by molar-refractivity contribution is -0.119. The maximum atomic E-state index is 10.9. The van der Waals surface area contributed by atoms with E-state index in [0.717, 1.165) is 12.8 Å². The number of Topliss-reactive ketones (excluding diaryl/α,β-unsaturated/α-hetero) is 1. The van der Waals surface area contributed by atoms with Crippen LogP contribution in [0.4, 0.5) is 0 Å². The van der Waals surface area contributed by atoms with E-state index in [-0.39, 0.29) is 5.92 Å². The van der Waals surface area contributed by atoms with Crippen LogP contribution in [0.1, 0.15) is 19.8 Å². The van der Waals surface area contributed by atoms with Gasteiger partial charge in [0.25, 0.3) is 0 Å². The molecule has 10 heavy (non-hydrogen) atoms. The van der Waals surface area contributed by atoms with E-state index in [1.165, 1.54) is 0 Å². The first-order chi connectivity index (χ1) is 4.70.